The summed E-state index contributed by atoms with van der Waals surface area (Å²) < 4.78 is 0. The standard InChI is InChI=1S/C15H28N2O/c1-11(2)8-13-14(18)17(10-16-13)12-6-5-7-15(3,4)9-12/h11-13,16H,5-10H2,1-4H3. The maximum Gasteiger partial charge on any atom is 0.241 e. The highest BCUT2D eigenvalue weighted by molar-refractivity contribution is 5.84. The molecule has 0 spiro atoms. The predicted octanol–water partition coefficient (Wildman–Crippen LogP) is 2.76. The molecule has 1 amide bonds. The van der Waals surface area contributed by atoms with E-state index in [4.69, 9.17) is 0 Å². The number of amides is 1. The molecule has 0 aromatic heterocycles. The Morgan fingerprint density at radius 2 is 2.17 bits per heavy atom. The average Bonchev–Trinajstić information content (AvgIpc) is 2.58. The zero-order valence-corrected chi connectivity index (χ0v) is 12.3. The van der Waals surface area contributed by atoms with Gasteiger partial charge in [-0.05, 0) is 37.0 Å². The Morgan fingerprint density at radius 3 is 2.78 bits per heavy atom. The summed E-state index contributed by atoms with van der Waals surface area (Å²) in [6, 6.07) is 0.529. The topological polar surface area (TPSA) is 32.3 Å². The van der Waals surface area contributed by atoms with E-state index in [2.05, 4.69) is 37.9 Å². The van der Waals surface area contributed by atoms with Crippen molar-refractivity contribution in [3.05, 3.63) is 0 Å². The molecule has 3 heteroatoms. The van der Waals surface area contributed by atoms with Gasteiger partial charge in [-0.1, -0.05) is 34.1 Å². The highest BCUT2D eigenvalue weighted by atomic mass is 16.2. The molecule has 2 fully saturated rings. The second-order valence-electron chi connectivity index (χ2n) is 7.27. The van der Waals surface area contributed by atoms with Gasteiger partial charge in [-0.25, -0.2) is 0 Å². The normalized spacial score (nSPS) is 32.3. The summed E-state index contributed by atoms with van der Waals surface area (Å²) in [4.78, 5) is 14.5. The lowest BCUT2D eigenvalue weighted by Crippen LogP contribution is -2.43. The van der Waals surface area contributed by atoms with Crippen LogP contribution in [0.2, 0.25) is 0 Å². The molecule has 0 bridgehead atoms. The number of nitrogens with zero attached hydrogens (tertiary/aromatic N) is 1. The molecule has 2 unspecified atom stereocenters. The van der Waals surface area contributed by atoms with Crippen molar-refractivity contribution in [3.63, 3.8) is 0 Å². The molecule has 0 aromatic rings. The zero-order chi connectivity index (χ0) is 13.3. The minimum Gasteiger partial charge on any atom is -0.326 e. The van der Waals surface area contributed by atoms with Crippen molar-refractivity contribution in [2.75, 3.05) is 6.67 Å². The van der Waals surface area contributed by atoms with E-state index >= 15 is 0 Å². The van der Waals surface area contributed by atoms with Crippen LogP contribution in [0.5, 0.6) is 0 Å². The Bertz CT molecular complexity index is 312. The summed E-state index contributed by atoms with van der Waals surface area (Å²) in [5.74, 6) is 0.917. The van der Waals surface area contributed by atoms with Crippen molar-refractivity contribution in [2.45, 2.75) is 71.9 Å². The van der Waals surface area contributed by atoms with Crippen LogP contribution in [-0.2, 0) is 4.79 Å². The van der Waals surface area contributed by atoms with Crippen LogP contribution in [0.25, 0.3) is 0 Å². The van der Waals surface area contributed by atoms with E-state index in [9.17, 15) is 4.79 Å². The number of hydrogen-bond donors (Lipinski definition) is 1. The molecular formula is C15H28N2O. The average molecular weight is 252 g/mol. The van der Waals surface area contributed by atoms with Gasteiger partial charge in [0.1, 0.15) is 0 Å². The molecule has 1 aliphatic heterocycles. The van der Waals surface area contributed by atoms with Gasteiger partial charge in [0.25, 0.3) is 0 Å². The number of carbonyl (C=O) groups excluding carboxylic acids is 1. The maximum atomic E-state index is 12.4. The van der Waals surface area contributed by atoms with E-state index in [1.807, 2.05) is 0 Å². The van der Waals surface area contributed by atoms with E-state index in [0.29, 0.717) is 23.3 Å². The van der Waals surface area contributed by atoms with Crippen LogP contribution >= 0.6 is 0 Å². The number of carbonyl (C=O) groups is 1. The third kappa shape index (κ3) is 3.05. The lowest BCUT2D eigenvalue weighted by molar-refractivity contribution is -0.132. The zero-order valence-electron chi connectivity index (χ0n) is 12.3. The first-order chi connectivity index (χ1) is 8.39. The Balaban J connectivity index is 1.96. The van der Waals surface area contributed by atoms with Gasteiger partial charge in [0.05, 0.1) is 12.7 Å². The van der Waals surface area contributed by atoms with Crippen molar-refractivity contribution >= 4 is 5.91 Å². The van der Waals surface area contributed by atoms with Crippen LogP contribution in [-0.4, -0.2) is 29.6 Å². The molecule has 2 aliphatic rings. The van der Waals surface area contributed by atoms with Gasteiger partial charge in [0, 0.05) is 6.04 Å². The van der Waals surface area contributed by atoms with E-state index in [1.165, 1.54) is 19.3 Å². The van der Waals surface area contributed by atoms with Crippen LogP contribution in [0.3, 0.4) is 0 Å². The van der Waals surface area contributed by atoms with Crippen LogP contribution in [0, 0.1) is 11.3 Å². The minimum absolute atomic E-state index is 0.0649. The quantitative estimate of drug-likeness (QED) is 0.837. The Labute approximate surface area is 111 Å². The van der Waals surface area contributed by atoms with Crippen LogP contribution in [0.1, 0.15) is 59.8 Å². The first kappa shape index (κ1) is 13.9. The third-order valence-electron chi connectivity index (χ3n) is 4.42. The molecule has 1 heterocycles. The van der Waals surface area contributed by atoms with Crippen molar-refractivity contribution in [3.8, 4) is 0 Å². The fraction of sp³-hybridized carbons (Fsp3) is 0.933. The van der Waals surface area contributed by atoms with E-state index in [1.54, 1.807) is 0 Å². The lowest BCUT2D eigenvalue weighted by atomic mass is 9.74. The van der Waals surface area contributed by atoms with Crippen molar-refractivity contribution in [1.29, 1.82) is 0 Å². The molecule has 1 saturated heterocycles. The molecule has 2 atom stereocenters. The van der Waals surface area contributed by atoms with E-state index in [-0.39, 0.29) is 6.04 Å². The summed E-state index contributed by atoms with van der Waals surface area (Å²) in [7, 11) is 0. The molecule has 0 aromatic carbocycles. The summed E-state index contributed by atoms with van der Waals surface area (Å²) in [5, 5.41) is 3.39. The highest BCUT2D eigenvalue weighted by Gasteiger charge is 2.39. The van der Waals surface area contributed by atoms with Gasteiger partial charge in [-0.3, -0.25) is 10.1 Å². The van der Waals surface area contributed by atoms with E-state index < -0.39 is 0 Å². The molecule has 1 aliphatic carbocycles. The van der Waals surface area contributed by atoms with Gasteiger partial charge in [0.15, 0.2) is 0 Å². The van der Waals surface area contributed by atoms with Crippen molar-refractivity contribution in [1.82, 2.24) is 10.2 Å². The molecule has 104 valence electrons. The Kier molecular flexibility index (Phi) is 4.00. The second-order valence-corrected chi connectivity index (χ2v) is 7.27. The third-order valence-corrected chi connectivity index (χ3v) is 4.42. The molecule has 0 radical (unpaired) electrons. The summed E-state index contributed by atoms with van der Waals surface area (Å²) in [5.41, 5.74) is 0.402. The predicted molar refractivity (Wildman–Crippen MR) is 74.1 cm³/mol. The van der Waals surface area contributed by atoms with Crippen LogP contribution < -0.4 is 5.32 Å². The Hall–Kier alpha value is -0.570. The van der Waals surface area contributed by atoms with Gasteiger partial charge >= 0.3 is 0 Å². The summed E-state index contributed by atoms with van der Waals surface area (Å²) in [6.45, 7) is 9.79. The van der Waals surface area contributed by atoms with E-state index in [0.717, 1.165) is 19.5 Å². The number of rotatable bonds is 3. The minimum atomic E-state index is 0.0649. The summed E-state index contributed by atoms with van der Waals surface area (Å²) >= 11 is 0. The van der Waals surface area contributed by atoms with Gasteiger partial charge in [0.2, 0.25) is 5.91 Å². The fourth-order valence-corrected chi connectivity index (χ4v) is 3.46. The largest absolute Gasteiger partial charge is 0.326 e. The second kappa shape index (κ2) is 5.20. The first-order valence-corrected chi connectivity index (χ1v) is 7.43. The van der Waals surface area contributed by atoms with Crippen molar-refractivity contribution in [2.24, 2.45) is 11.3 Å². The van der Waals surface area contributed by atoms with Crippen LogP contribution in [0.15, 0.2) is 0 Å². The molecular weight excluding hydrogens is 224 g/mol. The SMILES string of the molecule is CC(C)CC1NCN(C2CCCC(C)(C)C2)C1=O. The van der Waals surface area contributed by atoms with Gasteiger partial charge in [-0.15, -0.1) is 0 Å². The van der Waals surface area contributed by atoms with Gasteiger partial charge in [-0.2, -0.15) is 0 Å². The molecule has 1 N–H and O–H groups in total. The van der Waals surface area contributed by atoms with Crippen LogP contribution in [0.4, 0.5) is 0 Å². The monoisotopic (exact) mass is 252 g/mol. The Morgan fingerprint density at radius 1 is 1.44 bits per heavy atom. The lowest BCUT2D eigenvalue weighted by Gasteiger charge is -2.39. The number of hydrogen-bond acceptors (Lipinski definition) is 2. The molecule has 18 heavy (non-hydrogen) atoms. The molecule has 3 nitrogen and oxygen atoms in total. The van der Waals surface area contributed by atoms with Crippen molar-refractivity contribution < 1.29 is 4.79 Å². The fourth-order valence-electron chi connectivity index (χ4n) is 3.46. The first-order valence-electron chi connectivity index (χ1n) is 7.43. The maximum absolute atomic E-state index is 12.4. The highest BCUT2D eigenvalue weighted by Crippen LogP contribution is 2.38. The van der Waals surface area contributed by atoms with Gasteiger partial charge < -0.3 is 4.90 Å². The molecule has 1 saturated carbocycles. The summed E-state index contributed by atoms with van der Waals surface area (Å²) in [6.07, 6.45) is 5.87. The smallest absolute Gasteiger partial charge is 0.241 e. The molecule has 2 rings (SSSR count). The number of nitrogens with one attached hydrogen (secondary N) is 1.